The minimum atomic E-state index is -3.51. The van der Waals surface area contributed by atoms with Gasteiger partial charge in [0.2, 0.25) is 0 Å². The summed E-state index contributed by atoms with van der Waals surface area (Å²) in [5, 5.41) is 0. The zero-order valence-corrected chi connectivity index (χ0v) is 21.9. The fraction of sp³-hybridized carbons (Fsp3) is 0.346. The van der Waals surface area contributed by atoms with Gasteiger partial charge in [0.1, 0.15) is 9.84 Å². The van der Waals surface area contributed by atoms with Gasteiger partial charge in [-0.3, -0.25) is 9.13 Å². The molecule has 0 N–H and O–H groups in total. The molecule has 3 heterocycles. The summed E-state index contributed by atoms with van der Waals surface area (Å²) in [6.45, 7) is 4.25. The van der Waals surface area contributed by atoms with E-state index in [1.54, 1.807) is 25.4 Å². The number of rotatable bonds is 9. The highest BCUT2D eigenvalue weighted by Crippen LogP contribution is 2.31. The summed E-state index contributed by atoms with van der Waals surface area (Å²) in [5.74, 6) is 0.316. The molecule has 0 amide bonds. The molecule has 0 aliphatic rings. The summed E-state index contributed by atoms with van der Waals surface area (Å²) in [5.41, 5.74) is 4.05. The third kappa shape index (κ3) is 4.86. The van der Waals surface area contributed by atoms with Crippen molar-refractivity contribution in [3.8, 4) is 22.8 Å². The molecule has 1 atom stereocenters. The van der Waals surface area contributed by atoms with Gasteiger partial charge in [0.15, 0.2) is 11.4 Å². The molecule has 4 rings (SSSR count). The molecule has 0 radical (unpaired) electrons. The van der Waals surface area contributed by atoms with E-state index in [1.807, 2.05) is 31.2 Å². The zero-order chi connectivity index (χ0) is 26.0. The second kappa shape index (κ2) is 10.1. The fourth-order valence-electron chi connectivity index (χ4n) is 4.37. The quantitative estimate of drug-likeness (QED) is 0.340. The van der Waals surface area contributed by atoms with Crippen LogP contribution in [-0.2, 0) is 23.3 Å². The van der Waals surface area contributed by atoms with Gasteiger partial charge in [-0.05, 0) is 42.7 Å². The smallest absolute Gasteiger partial charge is 0.330 e. The summed E-state index contributed by atoms with van der Waals surface area (Å²) < 4.78 is 38.7. The number of pyridine rings is 2. The molecule has 190 valence electrons. The maximum atomic E-state index is 13.5. The van der Waals surface area contributed by atoms with E-state index in [0.717, 1.165) is 23.8 Å². The summed E-state index contributed by atoms with van der Waals surface area (Å²) in [4.78, 5) is 22.7. The van der Waals surface area contributed by atoms with Crippen LogP contribution in [0.1, 0.15) is 31.1 Å². The van der Waals surface area contributed by atoms with Crippen LogP contribution in [0.2, 0.25) is 0 Å². The number of hydrogen-bond donors (Lipinski definition) is 0. The topological polar surface area (TPSA) is 105 Å². The van der Waals surface area contributed by atoms with Crippen LogP contribution in [0, 0.1) is 0 Å². The van der Waals surface area contributed by atoms with E-state index in [9.17, 15) is 13.2 Å². The van der Waals surface area contributed by atoms with Crippen LogP contribution >= 0.6 is 0 Å². The number of imidazole rings is 1. The van der Waals surface area contributed by atoms with Crippen LogP contribution in [0.25, 0.3) is 22.3 Å². The highest BCUT2D eigenvalue weighted by Gasteiger charge is 2.28. The first-order valence-electron chi connectivity index (χ1n) is 11.7. The Hall–Kier alpha value is -3.66. The first kappa shape index (κ1) is 25.4. The van der Waals surface area contributed by atoms with Gasteiger partial charge in [-0.1, -0.05) is 31.2 Å². The standard InChI is InChI=1S/C26H30N4O5S/c1-6-17-10-8-9-11-19(17)18-14-21-24(27-15-18)30(26(31)29(21)3)22(16-36(5,32)33)20-12-13-23(34-4)25(28-20)35-7-2/h8-15,22H,6-7,16H2,1-5H3/t22-/m1/s1. The van der Waals surface area contributed by atoms with E-state index in [2.05, 4.69) is 23.0 Å². The van der Waals surface area contributed by atoms with Crippen molar-refractivity contribution in [2.75, 3.05) is 25.7 Å². The second-order valence-electron chi connectivity index (χ2n) is 8.57. The molecular formula is C26H30N4O5S. The molecule has 0 saturated heterocycles. The van der Waals surface area contributed by atoms with Crippen molar-refractivity contribution in [2.45, 2.75) is 26.3 Å². The Morgan fingerprint density at radius 1 is 1.11 bits per heavy atom. The average Bonchev–Trinajstić information content (AvgIpc) is 3.11. The van der Waals surface area contributed by atoms with Gasteiger partial charge in [-0.15, -0.1) is 0 Å². The molecule has 4 aromatic rings. The van der Waals surface area contributed by atoms with Gasteiger partial charge < -0.3 is 9.47 Å². The molecule has 1 aromatic carbocycles. The molecule has 0 saturated carbocycles. The van der Waals surface area contributed by atoms with E-state index in [0.29, 0.717) is 29.2 Å². The number of fused-ring (bicyclic) bond motifs is 1. The van der Waals surface area contributed by atoms with E-state index >= 15 is 0 Å². The third-order valence-corrected chi connectivity index (χ3v) is 7.02. The normalized spacial score (nSPS) is 12.6. The summed E-state index contributed by atoms with van der Waals surface area (Å²) in [6.07, 6.45) is 3.71. The van der Waals surface area contributed by atoms with Gasteiger partial charge in [-0.25, -0.2) is 23.2 Å². The second-order valence-corrected chi connectivity index (χ2v) is 10.8. The van der Waals surface area contributed by atoms with E-state index < -0.39 is 15.9 Å². The number of ether oxygens (including phenoxy) is 2. The highest BCUT2D eigenvalue weighted by molar-refractivity contribution is 7.90. The van der Waals surface area contributed by atoms with Crippen LogP contribution in [0.4, 0.5) is 0 Å². The minimum Gasteiger partial charge on any atom is -0.491 e. The van der Waals surface area contributed by atoms with Gasteiger partial charge >= 0.3 is 5.69 Å². The Morgan fingerprint density at radius 2 is 1.86 bits per heavy atom. The van der Waals surface area contributed by atoms with Gasteiger partial charge in [0.05, 0.1) is 36.7 Å². The van der Waals surface area contributed by atoms with Crippen molar-refractivity contribution in [2.24, 2.45) is 7.05 Å². The monoisotopic (exact) mass is 510 g/mol. The van der Waals surface area contributed by atoms with E-state index in [-0.39, 0.29) is 17.3 Å². The number of aromatic nitrogens is 4. The third-order valence-electron chi connectivity index (χ3n) is 6.10. The molecule has 10 heteroatoms. The van der Waals surface area contributed by atoms with Crippen molar-refractivity contribution in [3.63, 3.8) is 0 Å². The summed E-state index contributed by atoms with van der Waals surface area (Å²) >= 11 is 0. The molecule has 36 heavy (non-hydrogen) atoms. The maximum absolute atomic E-state index is 13.5. The predicted octanol–water partition coefficient (Wildman–Crippen LogP) is 3.40. The number of hydrogen-bond acceptors (Lipinski definition) is 7. The van der Waals surface area contributed by atoms with Crippen LogP contribution < -0.4 is 15.2 Å². The van der Waals surface area contributed by atoms with Crippen molar-refractivity contribution >= 4 is 21.0 Å². The molecule has 0 aliphatic carbocycles. The SMILES string of the molecule is CCOc1nc([C@@H](CS(C)(=O)=O)n2c(=O)n(C)c3cc(-c4ccccc4CC)cnc32)ccc1OC. The van der Waals surface area contributed by atoms with Crippen LogP contribution in [0.3, 0.4) is 0 Å². The summed E-state index contributed by atoms with van der Waals surface area (Å²) in [7, 11) is -0.349. The molecule has 3 aromatic heterocycles. The number of methoxy groups -OCH3 is 1. The van der Waals surface area contributed by atoms with Gasteiger partial charge in [0.25, 0.3) is 5.88 Å². The first-order chi connectivity index (χ1) is 17.2. The minimum absolute atomic E-state index is 0.232. The maximum Gasteiger partial charge on any atom is 0.330 e. The van der Waals surface area contributed by atoms with Gasteiger partial charge in [0, 0.05) is 25.1 Å². The van der Waals surface area contributed by atoms with Crippen LogP contribution in [-0.4, -0.2) is 53.2 Å². The Kier molecular flexibility index (Phi) is 7.16. The lowest BCUT2D eigenvalue weighted by atomic mass is 9.99. The van der Waals surface area contributed by atoms with Crippen LogP contribution in [0.15, 0.2) is 53.5 Å². The van der Waals surface area contributed by atoms with Crippen LogP contribution in [0.5, 0.6) is 11.6 Å². The number of nitrogens with zero attached hydrogens (tertiary/aromatic N) is 4. The Balaban J connectivity index is 1.94. The van der Waals surface area contributed by atoms with E-state index in [4.69, 9.17) is 9.47 Å². The lowest BCUT2D eigenvalue weighted by molar-refractivity contribution is 0.296. The molecule has 0 aliphatic heterocycles. The Labute approximate surface area is 210 Å². The lowest BCUT2D eigenvalue weighted by Gasteiger charge is -2.19. The van der Waals surface area contributed by atoms with Gasteiger partial charge in [-0.2, -0.15) is 0 Å². The first-order valence-corrected chi connectivity index (χ1v) is 13.7. The Bertz CT molecular complexity index is 1570. The fourth-order valence-corrected chi connectivity index (χ4v) is 5.27. The molecular weight excluding hydrogens is 480 g/mol. The summed E-state index contributed by atoms with van der Waals surface area (Å²) in [6, 6.07) is 12.4. The molecule has 9 nitrogen and oxygen atoms in total. The van der Waals surface area contributed by atoms with Crippen molar-refractivity contribution in [1.29, 1.82) is 0 Å². The number of sulfone groups is 1. The molecule has 0 unspecified atom stereocenters. The van der Waals surface area contributed by atoms with Crippen molar-refractivity contribution in [3.05, 3.63) is 70.4 Å². The van der Waals surface area contributed by atoms with Crippen molar-refractivity contribution < 1.29 is 17.9 Å². The Morgan fingerprint density at radius 3 is 2.53 bits per heavy atom. The number of benzene rings is 1. The largest absolute Gasteiger partial charge is 0.491 e. The lowest BCUT2D eigenvalue weighted by Crippen LogP contribution is -2.31. The average molecular weight is 511 g/mol. The molecule has 0 fully saturated rings. The zero-order valence-electron chi connectivity index (χ0n) is 21.1. The van der Waals surface area contributed by atoms with Crippen molar-refractivity contribution in [1.82, 2.24) is 19.1 Å². The highest BCUT2D eigenvalue weighted by atomic mass is 32.2. The molecule has 0 spiro atoms. The number of aryl methyl sites for hydroxylation is 2. The predicted molar refractivity (Wildman–Crippen MR) is 140 cm³/mol. The molecule has 0 bridgehead atoms. The van der Waals surface area contributed by atoms with E-state index in [1.165, 1.54) is 21.8 Å².